The first-order valence-corrected chi connectivity index (χ1v) is 10.9. The number of rotatable bonds is 7. The molecule has 6 nitrogen and oxygen atoms in total. The molecule has 0 bridgehead atoms. The van der Waals surface area contributed by atoms with E-state index in [0.717, 1.165) is 35.2 Å². The average molecular weight is 429 g/mol. The summed E-state index contributed by atoms with van der Waals surface area (Å²) in [5, 5.41) is 16.2. The molecule has 164 valence electrons. The maximum atomic E-state index is 8.56. The van der Waals surface area contributed by atoms with Crippen molar-refractivity contribution in [2.24, 2.45) is 0 Å². The van der Waals surface area contributed by atoms with Crippen LogP contribution in [0.2, 0.25) is 0 Å². The highest BCUT2D eigenvalue weighted by Crippen LogP contribution is 2.36. The number of benzene rings is 2. The van der Waals surface area contributed by atoms with Crippen molar-refractivity contribution in [1.29, 1.82) is 10.8 Å². The number of methoxy groups -OCH3 is 1. The zero-order valence-corrected chi connectivity index (χ0v) is 18.5. The van der Waals surface area contributed by atoms with Gasteiger partial charge in [0, 0.05) is 11.3 Å². The first-order chi connectivity index (χ1) is 15.6. The molecular formula is C26H28N4O2. The molecule has 0 amide bonds. The van der Waals surface area contributed by atoms with Crippen LogP contribution < -0.4 is 9.47 Å². The second-order valence-corrected chi connectivity index (χ2v) is 7.93. The lowest BCUT2D eigenvalue weighted by Gasteiger charge is -2.18. The van der Waals surface area contributed by atoms with Gasteiger partial charge in [0.2, 0.25) is 0 Å². The fourth-order valence-corrected chi connectivity index (χ4v) is 3.98. The summed E-state index contributed by atoms with van der Waals surface area (Å²) in [6.07, 6.45) is 11.8. The summed E-state index contributed by atoms with van der Waals surface area (Å²) in [5.74, 6) is 2.34. The monoisotopic (exact) mass is 428 g/mol. The summed E-state index contributed by atoms with van der Waals surface area (Å²) in [6, 6.07) is 13.6. The molecule has 1 aliphatic carbocycles. The molecule has 4 rings (SSSR count). The van der Waals surface area contributed by atoms with Gasteiger partial charge in [-0.05, 0) is 75.1 Å². The normalized spacial score (nSPS) is 14.6. The van der Waals surface area contributed by atoms with E-state index in [9.17, 15) is 0 Å². The zero-order valence-electron chi connectivity index (χ0n) is 18.5. The number of para-hydroxylation sites is 3. The lowest BCUT2D eigenvalue weighted by Crippen LogP contribution is -2.12. The molecule has 1 fully saturated rings. The SMILES string of the molecule is COc1cccc(C=Cc2nc3ccccc3n2C(=N)C=CC(C)=N)c1OC1CCCC1. The van der Waals surface area contributed by atoms with Crippen molar-refractivity contribution >= 4 is 34.7 Å². The van der Waals surface area contributed by atoms with Gasteiger partial charge in [-0.3, -0.25) is 9.98 Å². The van der Waals surface area contributed by atoms with Gasteiger partial charge in [-0.25, -0.2) is 4.98 Å². The van der Waals surface area contributed by atoms with Gasteiger partial charge in [-0.15, -0.1) is 0 Å². The molecule has 2 aromatic carbocycles. The van der Waals surface area contributed by atoms with E-state index in [1.165, 1.54) is 12.8 Å². The Morgan fingerprint density at radius 2 is 1.81 bits per heavy atom. The van der Waals surface area contributed by atoms with Gasteiger partial charge in [0.15, 0.2) is 11.5 Å². The third kappa shape index (κ3) is 4.64. The molecule has 0 atom stereocenters. The molecular weight excluding hydrogens is 400 g/mol. The maximum absolute atomic E-state index is 8.56. The highest BCUT2D eigenvalue weighted by atomic mass is 16.5. The number of nitrogens with zero attached hydrogens (tertiary/aromatic N) is 2. The molecule has 1 saturated carbocycles. The number of hydrogen-bond acceptors (Lipinski definition) is 5. The van der Waals surface area contributed by atoms with Crippen LogP contribution in [0.5, 0.6) is 11.5 Å². The Hall–Kier alpha value is -3.67. The molecule has 0 spiro atoms. The quantitative estimate of drug-likeness (QED) is 0.360. The van der Waals surface area contributed by atoms with Crippen molar-refractivity contribution in [3.63, 3.8) is 0 Å². The second-order valence-electron chi connectivity index (χ2n) is 7.93. The molecule has 1 heterocycles. The topological polar surface area (TPSA) is 84.0 Å². The largest absolute Gasteiger partial charge is 0.493 e. The van der Waals surface area contributed by atoms with Crippen molar-refractivity contribution in [1.82, 2.24) is 9.55 Å². The van der Waals surface area contributed by atoms with Gasteiger partial charge in [0.1, 0.15) is 11.7 Å². The fourth-order valence-electron chi connectivity index (χ4n) is 3.98. The molecule has 0 saturated heterocycles. The van der Waals surface area contributed by atoms with Crippen LogP contribution in [0.1, 0.15) is 44.0 Å². The molecule has 1 aliphatic rings. The van der Waals surface area contributed by atoms with Crippen LogP contribution in [0.25, 0.3) is 23.2 Å². The minimum atomic E-state index is 0.214. The number of hydrogen-bond donors (Lipinski definition) is 2. The number of aromatic nitrogens is 2. The molecule has 32 heavy (non-hydrogen) atoms. The van der Waals surface area contributed by atoms with Gasteiger partial charge in [0.25, 0.3) is 0 Å². The van der Waals surface area contributed by atoms with Crippen LogP contribution in [-0.4, -0.2) is 34.3 Å². The number of ether oxygens (including phenoxy) is 2. The predicted octanol–water partition coefficient (Wildman–Crippen LogP) is 5.96. The van der Waals surface area contributed by atoms with E-state index < -0.39 is 0 Å². The Morgan fingerprint density at radius 1 is 1.03 bits per heavy atom. The predicted molar refractivity (Wildman–Crippen MR) is 130 cm³/mol. The molecule has 2 N–H and O–H groups in total. The van der Waals surface area contributed by atoms with E-state index in [2.05, 4.69) is 0 Å². The van der Waals surface area contributed by atoms with Crippen LogP contribution in [0.3, 0.4) is 0 Å². The third-order valence-corrected chi connectivity index (χ3v) is 5.55. The minimum absolute atomic E-state index is 0.214. The van der Waals surface area contributed by atoms with Crippen LogP contribution in [-0.2, 0) is 0 Å². The summed E-state index contributed by atoms with van der Waals surface area (Å²) in [4.78, 5) is 4.73. The summed E-state index contributed by atoms with van der Waals surface area (Å²) in [5.41, 5.74) is 2.95. The number of nitrogens with one attached hydrogen (secondary N) is 2. The van der Waals surface area contributed by atoms with E-state index in [4.69, 9.17) is 25.3 Å². The summed E-state index contributed by atoms with van der Waals surface area (Å²) in [6.45, 7) is 1.69. The summed E-state index contributed by atoms with van der Waals surface area (Å²) >= 11 is 0. The molecule has 0 radical (unpaired) electrons. The van der Waals surface area contributed by atoms with Crippen molar-refractivity contribution < 1.29 is 9.47 Å². The van der Waals surface area contributed by atoms with Crippen molar-refractivity contribution in [3.05, 3.63) is 66.0 Å². The number of imidazole rings is 1. The van der Waals surface area contributed by atoms with Gasteiger partial charge in [0.05, 0.1) is 24.2 Å². The Labute approximate surface area is 188 Å². The Kier molecular flexibility index (Phi) is 6.50. The van der Waals surface area contributed by atoms with Gasteiger partial charge in [-0.1, -0.05) is 24.3 Å². The van der Waals surface area contributed by atoms with E-state index in [-0.39, 0.29) is 11.9 Å². The van der Waals surface area contributed by atoms with Crippen LogP contribution >= 0.6 is 0 Å². The fraction of sp³-hybridized carbons (Fsp3) is 0.269. The van der Waals surface area contributed by atoms with E-state index in [0.29, 0.717) is 17.3 Å². The maximum Gasteiger partial charge on any atom is 0.168 e. The first kappa shape index (κ1) is 21.6. The summed E-state index contributed by atoms with van der Waals surface area (Å²) in [7, 11) is 1.66. The third-order valence-electron chi connectivity index (χ3n) is 5.55. The van der Waals surface area contributed by atoms with Crippen molar-refractivity contribution in [2.45, 2.75) is 38.7 Å². The Bertz CT molecular complexity index is 1200. The molecule has 0 unspecified atom stereocenters. The standard InChI is InChI=1S/C26H28N4O2/c1-18(27)14-16-24(28)30-22-12-6-5-11-21(22)29-25(30)17-15-19-8-7-13-23(31-2)26(19)32-20-9-3-4-10-20/h5-8,11-17,20,27-28H,3-4,9-10H2,1-2H3. The number of fused-ring (bicyclic) bond motifs is 1. The average Bonchev–Trinajstić information content (AvgIpc) is 3.44. The smallest absolute Gasteiger partial charge is 0.168 e. The van der Waals surface area contributed by atoms with Crippen molar-refractivity contribution in [2.75, 3.05) is 7.11 Å². The van der Waals surface area contributed by atoms with Gasteiger partial charge < -0.3 is 14.9 Å². The lowest BCUT2D eigenvalue weighted by molar-refractivity contribution is 0.200. The summed E-state index contributed by atoms with van der Waals surface area (Å²) < 4.78 is 13.7. The molecule has 3 aromatic rings. The van der Waals surface area contributed by atoms with E-state index >= 15 is 0 Å². The number of allylic oxidation sites excluding steroid dienone is 2. The van der Waals surface area contributed by atoms with E-state index in [1.54, 1.807) is 30.8 Å². The van der Waals surface area contributed by atoms with Crippen LogP contribution in [0.15, 0.2) is 54.6 Å². The Balaban J connectivity index is 1.74. The van der Waals surface area contributed by atoms with Crippen LogP contribution in [0.4, 0.5) is 0 Å². The highest BCUT2D eigenvalue weighted by Gasteiger charge is 2.20. The molecule has 0 aliphatic heterocycles. The Morgan fingerprint density at radius 3 is 2.56 bits per heavy atom. The highest BCUT2D eigenvalue weighted by molar-refractivity contribution is 6.04. The van der Waals surface area contributed by atoms with E-state index in [1.807, 2.05) is 54.6 Å². The molecule has 1 aromatic heterocycles. The molecule has 6 heteroatoms. The first-order valence-electron chi connectivity index (χ1n) is 10.9. The van der Waals surface area contributed by atoms with Gasteiger partial charge >= 0.3 is 0 Å². The van der Waals surface area contributed by atoms with Crippen molar-refractivity contribution in [3.8, 4) is 11.5 Å². The lowest BCUT2D eigenvalue weighted by atomic mass is 10.1. The van der Waals surface area contributed by atoms with Crippen LogP contribution in [0, 0.1) is 10.8 Å². The van der Waals surface area contributed by atoms with Gasteiger partial charge in [-0.2, -0.15) is 0 Å². The zero-order chi connectivity index (χ0) is 22.5. The second kappa shape index (κ2) is 9.64. The minimum Gasteiger partial charge on any atom is -0.493 e.